The average molecular weight is 499 g/mol. The Morgan fingerprint density at radius 2 is 1.97 bits per heavy atom. The highest BCUT2D eigenvalue weighted by atomic mass is 35.5. The summed E-state index contributed by atoms with van der Waals surface area (Å²) in [5, 5.41) is 21.0. The van der Waals surface area contributed by atoms with Crippen LogP contribution in [-0.2, 0) is 14.9 Å². The van der Waals surface area contributed by atoms with E-state index in [1.807, 2.05) is 0 Å². The van der Waals surface area contributed by atoms with Crippen molar-refractivity contribution in [3.63, 3.8) is 0 Å². The van der Waals surface area contributed by atoms with Crippen molar-refractivity contribution in [1.29, 1.82) is 0 Å². The number of imidazole rings is 1. The second kappa shape index (κ2) is 8.69. The molecule has 1 aromatic carbocycles. The minimum atomic E-state index is -4.38. The van der Waals surface area contributed by atoms with Gasteiger partial charge < -0.3 is 26.4 Å². The number of hydrogen-bond acceptors (Lipinski definition) is 11. The molecular weight excluding hydrogens is 480 g/mol. The third-order valence-electron chi connectivity index (χ3n) is 4.96. The number of fused-ring (bicyclic) bond motifs is 1. The maximum atomic E-state index is 12.3. The summed E-state index contributed by atoms with van der Waals surface area (Å²) in [4.78, 5) is 24.2. The maximum absolute atomic E-state index is 12.3. The molecule has 1 aliphatic rings. The molecule has 4 atom stereocenters. The van der Waals surface area contributed by atoms with Gasteiger partial charge in [-0.3, -0.25) is 9.36 Å². The molecular formula is C17H19ClN8O6S. The number of amides is 1. The molecule has 2 aromatic heterocycles. The molecule has 14 nitrogen and oxygen atoms in total. The number of aromatic nitrogens is 4. The molecule has 1 saturated heterocycles. The molecule has 0 bridgehead atoms. The number of benzene rings is 1. The maximum Gasteiger partial charge on any atom is 0.301 e. The van der Waals surface area contributed by atoms with Gasteiger partial charge in [-0.25, -0.2) is 19.7 Å². The fourth-order valence-electron chi connectivity index (χ4n) is 3.31. The predicted molar refractivity (Wildman–Crippen MR) is 116 cm³/mol. The first-order valence-electron chi connectivity index (χ1n) is 9.39. The van der Waals surface area contributed by atoms with Crippen LogP contribution in [0, 0.1) is 0 Å². The zero-order valence-electron chi connectivity index (χ0n) is 16.7. The molecule has 3 aromatic rings. The van der Waals surface area contributed by atoms with Crippen LogP contribution in [0.25, 0.3) is 11.2 Å². The highest BCUT2D eigenvalue weighted by molar-refractivity contribution is 7.88. The monoisotopic (exact) mass is 498 g/mol. The van der Waals surface area contributed by atoms with Crippen molar-refractivity contribution in [3.8, 4) is 0 Å². The van der Waals surface area contributed by atoms with Crippen LogP contribution in [0.4, 0.5) is 11.5 Å². The molecule has 0 aliphatic carbocycles. The van der Waals surface area contributed by atoms with Crippen molar-refractivity contribution >= 4 is 50.4 Å². The van der Waals surface area contributed by atoms with Crippen LogP contribution in [0.15, 0.2) is 30.9 Å². The number of nitrogen functional groups attached to an aromatic ring is 2. The van der Waals surface area contributed by atoms with Gasteiger partial charge in [-0.1, -0.05) is 11.6 Å². The predicted octanol–water partition coefficient (Wildman–Crippen LogP) is -1.47. The Balaban J connectivity index is 1.44. The summed E-state index contributed by atoms with van der Waals surface area (Å²) in [6.45, 7) is -0.466. The van der Waals surface area contributed by atoms with E-state index in [9.17, 15) is 23.4 Å². The first-order valence-corrected chi connectivity index (χ1v) is 11.2. The number of nitrogens with zero attached hydrogens (tertiary/aromatic N) is 4. The zero-order valence-corrected chi connectivity index (χ0v) is 18.2. The Morgan fingerprint density at radius 3 is 2.73 bits per heavy atom. The minimum absolute atomic E-state index is 0.0321. The first-order chi connectivity index (χ1) is 15.6. The van der Waals surface area contributed by atoms with Crippen molar-refractivity contribution in [3.05, 3.63) is 41.4 Å². The number of aliphatic hydroxyl groups excluding tert-OH is 2. The Labute approximate surface area is 191 Å². The summed E-state index contributed by atoms with van der Waals surface area (Å²) in [7, 11) is -4.38. The van der Waals surface area contributed by atoms with E-state index in [-0.39, 0.29) is 33.3 Å². The summed E-state index contributed by atoms with van der Waals surface area (Å²) in [6, 6.07) is 4.03. The van der Waals surface area contributed by atoms with Crippen LogP contribution in [0.5, 0.6) is 0 Å². The van der Waals surface area contributed by atoms with E-state index >= 15 is 0 Å². The van der Waals surface area contributed by atoms with E-state index in [1.165, 1.54) is 35.4 Å². The van der Waals surface area contributed by atoms with Gasteiger partial charge in [-0.2, -0.15) is 13.1 Å². The molecule has 4 rings (SSSR count). The van der Waals surface area contributed by atoms with Gasteiger partial charge in [0.05, 0.1) is 11.9 Å². The summed E-state index contributed by atoms with van der Waals surface area (Å²) in [5.74, 6) is -0.886. The number of anilines is 2. The normalized spacial score (nSPS) is 23.1. The van der Waals surface area contributed by atoms with Crippen LogP contribution in [0.2, 0.25) is 5.02 Å². The van der Waals surface area contributed by atoms with Crippen molar-refractivity contribution in [2.24, 2.45) is 0 Å². The van der Waals surface area contributed by atoms with Gasteiger partial charge in [-0.15, -0.1) is 0 Å². The van der Waals surface area contributed by atoms with Crippen LogP contribution in [0.1, 0.15) is 16.6 Å². The molecule has 1 amide bonds. The second-order valence-electron chi connectivity index (χ2n) is 7.14. The number of carbonyl (C=O) groups excluding carboxylic acids is 1. The van der Waals surface area contributed by atoms with Gasteiger partial charge in [-0.05, 0) is 18.2 Å². The van der Waals surface area contributed by atoms with E-state index in [0.29, 0.717) is 0 Å². The Bertz CT molecular complexity index is 1320. The Morgan fingerprint density at radius 1 is 1.21 bits per heavy atom. The van der Waals surface area contributed by atoms with E-state index in [1.54, 1.807) is 4.72 Å². The average Bonchev–Trinajstić information content (AvgIpc) is 3.30. The first kappa shape index (κ1) is 23.1. The number of halogens is 1. The number of rotatable bonds is 6. The Hall–Kier alpha value is -3.08. The van der Waals surface area contributed by atoms with Crippen molar-refractivity contribution < 1.29 is 28.2 Å². The third kappa shape index (κ3) is 4.54. The summed E-state index contributed by atoms with van der Waals surface area (Å²) < 4.78 is 35.5. The van der Waals surface area contributed by atoms with E-state index in [2.05, 4.69) is 19.7 Å². The SMILES string of the molecule is Nc1ccc(Cl)cc1C(=O)NS(=O)(=O)NC[C@H]1O[C@@H](n2cnc3c(N)ncnc32)[C@H](O)[C@@H]1O. The van der Waals surface area contributed by atoms with Crippen molar-refractivity contribution in [2.45, 2.75) is 24.5 Å². The van der Waals surface area contributed by atoms with Crippen molar-refractivity contribution in [2.75, 3.05) is 18.0 Å². The highest BCUT2D eigenvalue weighted by Crippen LogP contribution is 2.31. The van der Waals surface area contributed by atoms with Crippen LogP contribution in [-0.4, -0.2) is 68.9 Å². The fourth-order valence-corrected chi connectivity index (χ4v) is 4.30. The quantitative estimate of drug-likeness (QED) is 0.215. The van der Waals surface area contributed by atoms with Crippen LogP contribution < -0.4 is 20.9 Å². The molecule has 0 saturated carbocycles. The highest BCUT2D eigenvalue weighted by Gasteiger charge is 2.44. The molecule has 8 N–H and O–H groups in total. The van der Waals surface area contributed by atoms with Crippen molar-refractivity contribution in [1.82, 2.24) is 29.0 Å². The lowest BCUT2D eigenvalue weighted by Gasteiger charge is -2.16. The minimum Gasteiger partial charge on any atom is -0.398 e. The lowest BCUT2D eigenvalue weighted by molar-refractivity contribution is -0.0330. The van der Waals surface area contributed by atoms with Gasteiger partial charge in [0.15, 0.2) is 17.7 Å². The molecule has 0 unspecified atom stereocenters. The van der Waals surface area contributed by atoms with Crippen LogP contribution >= 0.6 is 11.6 Å². The smallest absolute Gasteiger partial charge is 0.301 e. The standard InChI is InChI=1S/C17H19ClN8O6S/c18-7-1-2-9(19)8(3-7)16(29)25-33(30,31)24-4-10-12(27)13(28)17(32-10)26-6-23-11-14(20)21-5-22-15(11)26/h1-3,5-6,10,12-13,17,24,27-28H,4,19H2,(H,25,29)(H2,20,21,22)/t10-,12-,13-,17-/m1/s1. The molecule has 33 heavy (non-hydrogen) atoms. The number of aliphatic hydroxyl groups is 2. The molecule has 0 spiro atoms. The van der Waals surface area contributed by atoms with Gasteiger partial charge >= 0.3 is 10.2 Å². The summed E-state index contributed by atoms with van der Waals surface area (Å²) in [6.07, 6.45) is -2.69. The molecule has 1 fully saturated rings. The van der Waals surface area contributed by atoms with Gasteiger partial charge in [0.1, 0.15) is 30.2 Å². The topological polar surface area (TPSA) is 221 Å². The molecule has 16 heteroatoms. The number of nitrogens with two attached hydrogens (primary N) is 2. The summed E-state index contributed by atoms with van der Waals surface area (Å²) in [5.41, 5.74) is 11.9. The summed E-state index contributed by atoms with van der Waals surface area (Å²) >= 11 is 5.82. The molecule has 1 aliphatic heterocycles. The number of hydrogen-bond donors (Lipinski definition) is 6. The third-order valence-corrected chi connectivity index (χ3v) is 6.20. The largest absolute Gasteiger partial charge is 0.398 e. The molecule has 3 heterocycles. The number of nitrogens with one attached hydrogen (secondary N) is 2. The zero-order chi connectivity index (χ0) is 23.9. The lowest BCUT2D eigenvalue weighted by Crippen LogP contribution is -2.45. The van der Waals surface area contributed by atoms with Crippen LogP contribution in [0.3, 0.4) is 0 Å². The lowest BCUT2D eigenvalue weighted by atomic mass is 10.1. The second-order valence-corrected chi connectivity index (χ2v) is 9.08. The van der Waals surface area contributed by atoms with Gasteiger partial charge in [0, 0.05) is 17.3 Å². The number of carbonyl (C=O) groups is 1. The van der Waals surface area contributed by atoms with E-state index in [0.717, 1.165) is 0 Å². The van der Waals surface area contributed by atoms with E-state index in [4.69, 9.17) is 27.8 Å². The van der Waals surface area contributed by atoms with Gasteiger partial charge in [0.25, 0.3) is 5.91 Å². The molecule has 176 valence electrons. The van der Waals surface area contributed by atoms with Gasteiger partial charge in [0.2, 0.25) is 0 Å². The number of ether oxygens (including phenoxy) is 1. The Kier molecular flexibility index (Phi) is 6.08. The molecule has 0 radical (unpaired) electrons. The van der Waals surface area contributed by atoms with E-state index < -0.39 is 47.2 Å². The fraction of sp³-hybridized carbons (Fsp3) is 0.294.